The van der Waals surface area contributed by atoms with E-state index < -0.39 is 0 Å². The van der Waals surface area contributed by atoms with Gasteiger partial charge in [0.15, 0.2) is 0 Å². The summed E-state index contributed by atoms with van der Waals surface area (Å²) in [4.78, 5) is 2.28. The van der Waals surface area contributed by atoms with E-state index in [0.717, 1.165) is 37.1 Å². The molecule has 1 saturated heterocycles. The zero-order valence-corrected chi connectivity index (χ0v) is 14.4. The average molecular weight is 357 g/mol. The number of benzene rings is 1. The fourth-order valence-electron chi connectivity index (χ4n) is 2.63. The molecule has 0 spiro atoms. The minimum absolute atomic E-state index is 0.0705. The second-order valence-corrected chi connectivity index (χ2v) is 6.46. The van der Waals surface area contributed by atoms with Crippen molar-refractivity contribution in [1.82, 2.24) is 5.32 Å². The summed E-state index contributed by atoms with van der Waals surface area (Å²) in [6.45, 7) is 7.80. The lowest BCUT2D eigenvalue weighted by Gasteiger charge is -2.37. The number of ether oxygens (including phenoxy) is 1. The quantitative estimate of drug-likeness (QED) is 0.768. The standard InChI is InChI=1S/C16H25BrN2O2/c1-3-6-18-8-13-4-5-14(7-16(13)17)19-9-12(2)21-15(10-19)11-20/h4-5,7,12,15,18,20H,3,6,8-11H2,1-2H3. The lowest BCUT2D eigenvalue weighted by Crippen LogP contribution is -2.48. The normalized spacial score (nSPS) is 22.6. The van der Waals surface area contributed by atoms with Crippen molar-refractivity contribution in [3.05, 3.63) is 28.2 Å². The first-order valence-corrected chi connectivity index (χ1v) is 8.43. The Labute approximate surface area is 135 Å². The molecule has 5 heteroatoms. The van der Waals surface area contributed by atoms with Crippen molar-refractivity contribution in [2.24, 2.45) is 0 Å². The van der Waals surface area contributed by atoms with E-state index in [2.05, 4.69) is 51.3 Å². The fraction of sp³-hybridized carbons (Fsp3) is 0.625. The van der Waals surface area contributed by atoms with Gasteiger partial charge >= 0.3 is 0 Å². The van der Waals surface area contributed by atoms with E-state index in [0.29, 0.717) is 0 Å². The van der Waals surface area contributed by atoms with E-state index in [1.54, 1.807) is 0 Å². The van der Waals surface area contributed by atoms with Crippen LogP contribution >= 0.6 is 15.9 Å². The summed E-state index contributed by atoms with van der Waals surface area (Å²) in [5.74, 6) is 0. The van der Waals surface area contributed by atoms with Crippen molar-refractivity contribution >= 4 is 21.6 Å². The van der Waals surface area contributed by atoms with Gasteiger partial charge in [-0.2, -0.15) is 0 Å². The third-order valence-electron chi connectivity index (χ3n) is 3.67. The van der Waals surface area contributed by atoms with Crippen LogP contribution in [0.1, 0.15) is 25.8 Å². The maximum atomic E-state index is 9.32. The summed E-state index contributed by atoms with van der Waals surface area (Å²) in [6.07, 6.45) is 1.18. The Morgan fingerprint density at radius 1 is 1.43 bits per heavy atom. The molecule has 2 atom stereocenters. The molecule has 1 heterocycles. The molecule has 0 aromatic heterocycles. The van der Waals surface area contributed by atoms with Crippen LogP contribution in [0.15, 0.2) is 22.7 Å². The molecular weight excluding hydrogens is 332 g/mol. The Bertz CT molecular complexity index is 456. The van der Waals surface area contributed by atoms with Crippen molar-refractivity contribution in [2.45, 2.75) is 39.0 Å². The van der Waals surface area contributed by atoms with Gasteiger partial charge in [-0.15, -0.1) is 0 Å². The first-order valence-electron chi connectivity index (χ1n) is 7.64. The molecule has 2 unspecified atom stereocenters. The number of anilines is 1. The molecule has 1 aromatic carbocycles. The van der Waals surface area contributed by atoms with Gasteiger partial charge in [-0.05, 0) is 37.6 Å². The molecule has 0 amide bonds. The van der Waals surface area contributed by atoms with Gasteiger partial charge < -0.3 is 20.1 Å². The van der Waals surface area contributed by atoms with E-state index in [9.17, 15) is 5.11 Å². The highest BCUT2D eigenvalue weighted by atomic mass is 79.9. The molecule has 21 heavy (non-hydrogen) atoms. The van der Waals surface area contributed by atoms with E-state index in [4.69, 9.17) is 4.74 Å². The van der Waals surface area contributed by atoms with E-state index in [1.165, 1.54) is 11.3 Å². The molecule has 0 radical (unpaired) electrons. The Morgan fingerprint density at radius 2 is 2.24 bits per heavy atom. The Kier molecular flexibility index (Phi) is 6.48. The maximum Gasteiger partial charge on any atom is 0.0984 e. The first kappa shape index (κ1) is 16.7. The number of nitrogens with one attached hydrogen (secondary N) is 1. The van der Waals surface area contributed by atoms with Gasteiger partial charge in [0.1, 0.15) is 0 Å². The van der Waals surface area contributed by atoms with E-state index in [-0.39, 0.29) is 18.8 Å². The van der Waals surface area contributed by atoms with Gasteiger partial charge in [-0.1, -0.05) is 28.9 Å². The summed E-state index contributed by atoms with van der Waals surface area (Å²) in [5.41, 5.74) is 2.45. The highest BCUT2D eigenvalue weighted by Crippen LogP contribution is 2.26. The third-order valence-corrected chi connectivity index (χ3v) is 4.41. The van der Waals surface area contributed by atoms with Crippen LogP contribution in [0.25, 0.3) is 0 Å². The van der Waals surface area contributed by atoms with Crippen LogP contribution in [0.5, 0.6) is 0 Å². The summed E-state index contributed by atoms with van der Waals surface area (Å²) in [7, 11) is 0. The second kappa shape index (κ2) is 8.13. The smallest absolute Gasteiger partial charge is 0.0984 e. The maximum absolute atomic E-state index is 9.32. The highest BCUT2D eigenvalue weighted by Gasteiger charge is 2.25. The van der Waals surface area contributed by atoms with E-state index >= 15 is 0 Å². The topological polar surface area (TPSA) is 44.7 Å². The number of rotatable bonds is 6. The lowest BCUT2D eigenvalue weighted by atomic mass is 10.1. The van der Waals surface area contributed by atoms with E-state index in [1.807, 2.05) is 6.92 Å². The number of aliphatic hydroxyl groups excluding tert-OH is 1. The molecule has 2 rings (SSSR count). The molecule has 118 valence electrons. The third kappa shape index (κ3) is 4.68. The molecule has 0 saturated carbocycles. The summed E-state index contributed by atoms with van der Waals surface area (Å²) >= 11 is 3.67. The van der Waals surface area contributed by atoms with Crippen LogP contribution in [0, 0.1) is 0 Å². The molecule has 1 aliphatic heterocycles. The molecule has 0 bridgehead atoms. The summed E-state index contributed by atoms with van der Waals surface area (Å²) in [6, 6.07) is 6.48. The van der Waals surface area contributed by atoms with Crippen LogP contribution in [0.3, 0.4) is 0 Å². The molecule has 1 fully saturated rings. The van der Waals surface area contributed by atoms with Crippen molar-refractivity contribution in [3.8, 4) is 0 Å². The van der Waals surface area contributed by atoms with Gasteiger partial charge in [0.05, 0.1) is 18.8 Å². The number of hydrogen-bond acceptors (Lipinski definition) is 4. The average Bonchev–Trinajstić information content (AvgIpc) is 2.48. The number of halogens is 1. The number of nitrogens with zero attached hydrogens (tertiary/aromatic N) is 1. The molecule has 0 aliphatic carbocycles. The van der Waals surface area contributed by atoms with Crippen LogP contribution in [0.2, 0.25) is 0 Å². The van der Waals surface area contributed by atoms with Gasteiger partial charge in [0.2, 0.25) is 0 Å². The van der Waals surface area contributed by atoms with Crippen molar-refractivity contribution < 1.29 is 9.84 Å². The Hall–Kier alpha value is -0.620. The van der Waals surface area contributed by atoms with Crippen LogP contribution in [-0.4, -0.2) is 43.6 Å². The molecule has 1 aromatic rings. The van der Waals surface area contributed by atoms with Crippen LogP contribution in [0.4, 0.5) is 5.69 Å². The predicted octanol–water partition coefficient (Wildman–Crippen LogP) is 2.53. The molecule has 2 N–H and O–H groups in total. The zero-order chi connectivity index (χ0) is 15.2. The largest absolute Gasteiger partial charge is 0.394 e. The second-order valence-electron chi connectivity index (χ2n) is 5.61. The Balaban J connectivity index is 2.04. The summed E-state index contributed by atoms with van der Waals surface area (Å²) < 4.78 is 6.82. The van der Waals surface area contributed by atoms with Crippen molar-refractivity contribution in [1.29, 1.82) is 0 Å². The monoisotopic (exact) mass is 356 g/mol. The number of aliphatic hydroxyl groups is 1. The van der Waals surface area contributed by atoms with Crippen molar-refractivity contribution in [2.75, 3.05) is 31.1 Å². The molecular formula is C16H25BrN2O2. The van der Waals surface area contributed by atoms with Gasteiger partial charge in [-0.25, -0.2) is 0 Å². The summed E-state index contributed by atoms with van der Waals surface area (Å²) in [5, 5.41) is 12.7. The predicted molar refractivity (Wildman–Crippen MR) is 89.8 cm³/mol. The first-order chi connectivity index (χ1) is 10.1. The van der Waals surface area contributed by atoms with Gasteiger partial charge in [0, 0.05) is 29.8 Å². The minimum atomic E-state index is -0.0987. The molecule has 4 nitrogen and oxygen atoms in total. The Morgan fingerprint density at radius 3 is 2.90 bits per heavy atom. The van der Waals surface area contributed by atoms with Gasteiger partial charge in [-0.3, -0.25) is 0 Å². The number of hydrogen-bond donors (Lipinski definition) is 2. The highest BCUT2D eigenvalue weighted by molar-refractivity contribution is 9.10. The zero-order valence-electron chi connectivity index (χ0n) is 12.8. The number of morpholine rings is 1. The fourth-order valence-corrected chi connectivity index (χ4v) is 3.14. The van der Waals surface area contributed by atoms with Crippen LogP contribution in [-0.2, 0) is 11.3 Å². The van der Waals surface area contributed by atoms with Crippen molar-refractivity contribution in [3.63, 3.8) is 0 Å². The van der Waals surface area contributed by atoms with Crippen LogP contribution < -0.4 is 10.2 Å². The lowest BCUT2D eigenvalue weighted by molar-refractivity contribution is -0.0421. The molecule has 1 aliphatic rings. The minimum Gasteiger partial charge on any atom is -0.394 e. The van der Waals surface area contributed by atoms with Gasteiger partial charge in [0.25, 0.3) is 0 Å². The SMILES string of the molecule is CCCNCc1ccc(N2CC(C)OC(CO)C2)cc1Br.